The molecular formula is C42H54ClN3O11. The highest BCUT2D eigenvalue weighted by atomic mass is 35.5. The lowest BCUT2D eigenvalue weighted by Gasteiger charge is -2.28. The van der Waals surface area contributed by atoms with Crippen LogP contribution in [0.5, 0.6) is 23.0 Å². The molecule has 0 aliphatic rings. The fourth-order valence-corrected chi connectivity index (χ4v) is 5.05. The van der Waals surface area contributed by atoms with Crippen LogP contribution < -0.4 is 18.9 Å². The molecule has 15 heteroatoms. The summed E-state index contributed by atoms with van der Waals surface area (Å²) in [6, 6.07) is 17.3. The van der Waals surface area contributed by atoms with Gasteiger partial charge in [0.05, 0.1) is 19.2 Å². The Morgan fingerprint density at radius 3 is 1.49 bits per heavy atom. The number of carbonyl (C=O) groups excluding carboxylic acids is 4. The SMILES string of the molecule is CCCN(C(=O)OC(C)(C)C)C(=O)/C(=N\N(C(=O)OC(C)(C)C)C(=O)OC(C)(C)C)c1ccc(OCc2ccc(OC)cc2)c(OCc2ccc(OC)cc2)c1Cl. The van der Waals surface area contributed by atoms with Crippen LogP contribution in [-0.4, -0.2) is 77.4 Å². The van der Waals surface area contributed by atoms with Crippen LogP contribution in [0.4, 0.5) is 14.4 Å². The number of hydrazone groups is 1. The molecule has 0 aliphatic heterocycles. The third-order valence-electron chi connectivity index (χ3n) is 7.25. The summed E-state index contributed by atoms with van der Waals surface area (Å²) in [5.74, 6) is 0.454. The third kappa shape index (κ3) is 14.2. The Labute approximate surface area is 339 Å². The van der Waals surface area contributed by atoms with E-state index >= 15 is 0 Å². The number of methoxy groups -OCH3 is 2. The van der Waals surface area contributed by atoms with Crippen LogP contribution in [0.25, 0.3) is 0 Å². The molecule has 0 unspecified atom stereocenters. The normalized spacial score (nSPS) is 11.9. The van der Waals surface area contributed by atoms with Crippen molar-refractivity contribution in [2.24, 2.45) is 5.10 Å². The van der Waals surface area contributed by atoms with Gasteiger partial charge in [0.2, 0.25) is 0 Å². The Morgan fingerprint density at radius 2 is 1.07 bits per heavy atom. The van der Waals surface area contributed by atoms with Crippen molar-refractivity contribution >= 4 is 41.5 Å². The summed E-state index contributed by atoms with van der Waals surface area (Å²) < 4.78 is 39.6. The van der Waals surface area contributed by atoms with E-state index in [0.29, 0.717) is 17.9 Å². The lowest BCUT2D eigenvalue weighted by atomic mass is 10.1. The number of amides is 4. The van der Waals surface area contributed by atoms with Gasteiger partial charge in [0, 0.05) is 12.1 Å². The molecule has 0 N–H and O–H groups in total. The van der Waals surface area contributed by atoms with Gasteiger partial charge in [0.1, 0.15) is 41.5 Å². The minimum absolute atomic E-state index is 0.000563. The van der Waals surface area contributed by atoms with E-state index in [9.17, 15) is 19.2 Å². The molecule has 0 aliphatic carbocycles. The molecule has 0 saturated carbocycles. The molecule has 0 aromatic heterocycles. The zero-order chi connectivity index (χ0) is 42.7. The van der Waals surface area contributed by atoms with Gasteiger partial charge in [-0.05, 0) is 116 Å². The van der Waals surface area contributed by atoms with Crippen molar-refractivity contribution in [3.8, 4) is 23.0 Å². The minimum Gasteiger partial charge on any atom is -0.497 e. The Hall–Kier alpha value is -5.50. The van der Waals surface area contributed by atoms with Gasteiger partial charge in [0.15, 0.2) is 17.2 Å². The van der Waals surface area contributed by atoms with Crippen molar-refractivity contribution < 1.29 is 52.3 Å². The van der Waals surface area contributed by atoms with Crippen LogP contribution in [0, 0.1) is 0 Å². The van der Waals surface area contributed by atoms with Gasteiger partial charge in [-0.3, -0.25) is 4.79 Å². The van der Waals surface area contributed by atoms with E-state index in [-0.39, 0.29) is 46.9 Å². The highest BCUT2D eigenvalue weighted by molar-refractivity contribution is 6.50. The van der Waals surface area contributed by atoms with Crippen molar-refractivity contribution in [1.82, 2.24) is 9.91 Å². The lowest BCUT2D eigenvalue weighted by Crippen LogP contribution is -2.46. The molecule has 0 atom stereocenters. The van der Waals surface area contributed by atoms with E-state index in [0.717, 1.165) is 16.0 Å². The van der Waals surface area contributed by atoms with E-state index in [1.54, 1.807) is 120 Å². The topological polar surface area (TPSA) is 152 Å². The second kappa shape index (κ2) is 19.6. The standard InChI is InChI=1S/C42H54ClN3O11/c1-13-24-45(37(48)55-40(2,3)4)36(47)34(44-46(38(49)56-41(5,6)7)39(50)57-42(8,9)10)31-22-23-32(53-25-27-14-18-29(51-11)19-15-27)35(33(31)43)54-26-28-16-20-30(52-12)21-17-28/h14-23H,13,24-26H2,1-12H3/b44-34-. The number of rotatable bonds is 13. The number of imide groups is 2. The Kier molecular flexibility index (Phi) is 15.8. The maximum absolute atomic E-state index is 14.7. The number of halogens is 1. The molecule has 0 fully saturated rings. The highest BCUT2D eigenvalue weighted by Gasteiger charge is 2.37. The zero-order valence-corrected chi connectivity index (χ0v) is 35.6. The smallest absolute Gasteiger partial charge is 0.441 e. The third-order valence-corrected chi connectivity index (χ3v) is 7.63. The second-order valence-electron chi connectivity index (χ2n) is 15.7. The molecule has 0 saturated heterocycles. The molecule has 0 bridgehead atoms. The summed E-state index contributed by atoms with van der Waals surface area (Å²) in [6.07, 6.45) is -3.18. The van der Waals surface area contributed by atoms with Crippen molar-refractivity contribution in [1.29, 1.82) is 0 Å². The molecule has 0 spiro atoms. The number of benzene rings is 3. The fraction of sp³-hybridized carbons (Fsp3) is 0.452. The minimum atomic E-state index is -1.26. The molecule has 4 amide bonds. The van der Waals surface area contributed by atoms with Crippen LogP contribution in [0.3, 0.4) is 0 Å². The highest BCUT2D eigenvalue weighted by Crippen LogP contribution is 2.40. The number of hydrogen-bond donors (Lipinski definition) is 0. The van der Waals surface area contributed by atoms with Gasteiger partial charge in [-0.15, -0.1) is 0 Å². The van der Waals surface area contributed by atoms with Gasteiger partial charge in [0.25, 0.3) is 5.91 Å². The van der Waals surface area contributed by atoms with Crippen LogP contribution in [-0.2, 0) is 32.2 Å². The Balaban J connectivity index is 2.31. The monoisotopic (exact) mass is 811 g/mol. The molecule has 14 nitrogen and oxygen atoms in total. The molecule has 0 radical (unpaired) electrons. The quantitative estimate of drug-likeness (QED) is 0.0922. The second-order valence-corrected chi connectivity index (χ2v) is 16.1. The van der Waals surface area contributed by atoms with Gasteiger partial charge in [-0.2, -0.15) is 5.10 Å². The van der Waals surface area contributed by atoms with Crippen LogP contribution in [0.2, 0.25) is 5.02 Å². The summed E-state index contributed by atoms with van der Waals surface area (Å²) in [5.41, 5.74) is -2.36. The van der Waals surface area contributed by atoms with Gasteiger partial charge in [-0.1, -0.05) is 47.8 Å². The zero-order valence-electron chi connectivity index (χ0n) is 34.8. The molecule has 3 rings (SSSR count). The summed E-state index contributed by atoms with van der Waals surface area (Å²) >= 11 is 7.15. The number of carbonyl (C=O) groups is 4. The predicted molar refractivity (Wildman–Crippen MR) is 215 cm³/mol. The number of nitrogens with zero attached hydrogens (tertiary/aromatic N) is 3. The molecule has 310 valence electrons. The van der Waals surface area contributed by atoms with E-state index in [1.807, 2.05) is 12.1 Å². The van der Waals surface area contributed by atoms with Crippen LogP contribution >= 0.6 is 11.6 Å². The molecular weight excluding hydrogens is 758 g/mol. The van der Waals surface area contributed by atoms with Gasteiger partial charge in [-0.25, -0.2) is 19.3 Å². The van der Waals surface area contributed by atoms with Crippen LogP contribution in [0.1, 0.15) is 92.3 Å². The summed E-state index contributed by atoms with van der Waals surface area (Å²) in [7, 11) is 3.12. The molecule has 57 heavy (non-hydrogen) atoms. The summed E-state index contributed by atoms with van der Waals surface area (Å²) in [4.78, 5) is 56.3. The molecule has 0 heterocycles. The van der Waals surface area contributed by atoms with Crippen LogP contribution in [0.15, 0.2) is 65.8 Å². The van der Waals surface area contributed by atoms with Crippen molar-refractivity contribution in [2.75, 3.05) is 20.8 Å². The first-order valence-corrected chi connectivity index (χ1v) is 18.7. The van der Waals surface area contributed by atoms with E-state index in [1.165, 1.54) is 12.1 Å². The van der Waals surface area contributed by atoms with Gasteiger partial charge < -0.3 is 33.2 Å². The molecule has 3 aromatic rings. The van der Waals surface area contributed by atoms with E-state index in [2.05, 4.69) is 5.10 Å². The predicted octanol–water partition coefficient (Wildman–Crippen LogP) is 9.57. The van der Waals surface area contributed by atoms with Gasteiger partial charge >= 0.3 is 18.3 Å². The van der Waals surface area contributed by atoms with Crippen molar-refractivity contribution in [2.45, 2.75) is 106 Å². The first kappa shape index (κ1) is 45.9. The fourth-order valence-electron chi connectivity index (χ4n) is 4.75. The number of ether oxygens (including phenoxy) is 7. The van der Waals surface area contributed by atoms with E-state index < -0.39 is 46.7 Å². The van der Waals surface area contributed by atoms with Crippen molar-refractivity contribution in [3.05, 3.63) is 82.4 Å². The van der Waals surface area contributed by atoms with Crippen molar-refractivity contribution in [3.63, 3.8) is 0 Å². The first-order valence-electron chi connectivity index (χ1n) is 18.3. The average Bonchev–Trinajstić information content (AvgIpc) is 3.11. The molecule has 3 aromatic carbocycles. The largest absolute Gasteiger partial charge is 0.497 e. The Morgan fingerprint density at radius 1 is 0.632 bits per heavy atom. The number of hydrogen-bond acceptors (Lipinski definition) is 12. The summed E-state index contributed by atoms with van der Waals surface area (Å²) in [6.45, 7) is 16.2. The lowest BCUT2D eigenvalue weighted by molar-refractivity contribution is -0.123. The Bertz CT molecular complexity index is 1860. The summed E-state index contributed by atoms with van der Waals surface area (Å²) in [5, 5.41) is 4.37. The van der Waals surface area contributed by atoms with E-state index in [4.69, 9.17) is 44.8 Å². The maximum atomic E-state index is 14.7. The maximum Gasteiger partial charge on any atom is 0.441 e. The average molecular weight is 812 g/mol. The first-order chi connectivity index (χ1) is 26.6.